The number of rotatable bonds is 4. The van der Waals surface area contributed by atoms with Gasteiger partial charge in [0.15, 0.2) is 0 Å². The molecular weight excluding hydrogens is 258 g/mol. The molecule has 3 rings (SSSR count). The highest BCUT2D eigenvalue weighted by Crippen LogP contribution is 2.22. The van der Waals surface area contributed by atoms with Crippen molar-refractivity contribution >= 4 is 0 Å². The Balaban J connectivity index is 1.45. The van der Waals surface area contributed by atoms with Crippen LogP contribution in [0.2, 0.25) is 0 Å². The molecule has 2 heterocycles. The first-order valence-electron chi connectivity index (χ1n) is 8.27. The molecule has 0 saturated carbocycles. The summed E-state index contributed by atoms with van der Waals surface area (Å²) in [5, 5.41) is 8.97. The van der Waals surface area contributed by atoms with E-state index in [1.165, 1.54) is 64.0 Å². The van der Waals surface area contributed by atoms with Crippen molar-refractivity contribution in [3.05, 3.63) is 35.4 Å². The van der Waals surface area contributed by atoms with Gasteiger partial charge in [0, 0.05) is 13.1 Å². The SMILES string of the molecule is N#Cc1cccc(CN2CCC(CN3CCCC3)CC2)c1. The van der Waals surface area contributed by atoms with Gasteiger partial charge >= 0.3 is 0 Å². The molecule has 2 aliphatic rings. The molecule has 1 aromatic rings. The van der Waals surface area contributed by atoms with E-state index in [9.17, 15) is 0 Å². The van der Waals surface area contributed by atoms with Crippen molar-refractivity contribution in [3.8, 4) is 6.07 Å². The minimum atomic E-state index is 0.774. The molecule has 0 radical (unpaired) electrons. The van der Waals surface area contributed by atoms with E-state index >= 15 is 0 Å². The van der Waals surface area contributed by atoms with Gasteiger partial charge in [-0.3, -0.25) is 4.90 Å². The third-order valence-corrected chi connectivity index (χ3v) is 4.88. The first kappa shape index (κ1) is 14.6. The molecule has 3 heteroatoms. The second-order valence-electron chi connectivity index (χ2n) is 6.54. The van der Waals surface area contributed by atoms with E-state index in [0.717, 1.165) is 18.0 Å². The predicted octanol–water partition coefficient (Wildman–Crippen LogP) is 2.87. The molecular formula is C18H25N3. The summed E-state index contributed by atoms with van der Waals surface area (Å²) in [7, 11) is 0. The summed E-state index contributed by atoms with van der Waals surface area (Å²) in [5.74, 6) is 0.893. The smallest absolute Gasteiger partial charge is 0.0991 e. The Bertz CT molecular complexity index is 491. The Hall–Kier alpha value is -1.37. The number of piperidine rings is 1. The van der Waals surface area contributed by atoms with E-state index < -0.39 is 0 Å². The highest BCUT2D eigenvalue weighted by molar-refractivity contribution is 5.32. The van der Waals surface area contributed by atoms with Crippen molar-refractivity contribution in [1.82, 2.24) is 9.80 Å². The highest BCUT2D eigenvalue weighted by atomic mass is 15.2. The fourth-order valence-electron chi connectivity index (χ4n) is 3.65. The minimum Gasteiger partial charge on any atom is -0.303 e. The van der Waals surface area contributed by atoms with Crippen LogP contribution in [0.4, 0.5) is 0 Å². The Morgan fingerprint density at radius 2 is 1.81 bits per heavy atom. The largest absolute Gasteiger partial charge is 0.303 e. The molecule has 2 saturated heterocycles. The fraction of sp³-hybridized carbons (Fsp3) is 0.611. The van der Waals surface area contributed by atoms with Crippen molar-refractivity contribution in [2.45, 2.75) is 32.2 Å². The molecule has 0 N–H and O–H groups in total. The van der Waals surface area contributed by atoms with E-state index in [4.69, 9.17) is 5.26 Å². The number of hydrogen-bond donors (Lipinski definition) is 0. The maximum absolute atomic E-state index is 8.97. The van der Waals surface area contributed by atoms with Gasteiger partial charge in [0.2, 0.25) is 0 Å². The molecule has 2 aliphatic heterocycles. The summed E-state index contributed by atoms with van der Waals surface area (Å²) in [6.07, 6.45) is 5.45. The molecule has 0 aromatic heterocycles. The van der Waals surface area contributed by atoms with Crippen LogP contribution in [0.5, 0.6) is 0 Å². The lowest BCUT2D eigenvalue weighted by Crippen LogP contribution is -2.37. The number of hydrogen-bond acceptors (Lipinski definition) is 3. The predicted molar refractivity (Wildman–Crippen MR) is 84.8 cm³/mol. The summed E-state index contributed by atoms with van der Waals surface area (Å²) in [4.78, 5) is 5.19. The van der Waals surface area contributed by atoms with E-state index in [1.807, 2.05) is 18.2 Å². The Morgan fingerprint density at radius 3 is 2.52 bits per heavy atom. The molecule has 112 valence electrons. The summed E-state index contributed by atoms with van der Waals surface area (Å²) in [5.41, 5.74) is 2.04. The zero-order valence-electron chi connectivity index (χ0n) is 12.8. The molecule has 2 fully saturated rings. The van der Waals surface area contributed by atoms with Crippen LogP contribution < -0.4 is 0 Å². The number of nitrogens with zero attached hydrogens (tertiary/aromatic N) is 3. The third kappa shape index (κ3) is 4.06. The third-order valence-electron chi connectivity index (χ3n) is 4.88. The van der Waals surface area contributed by atoms with Gasteiger partial charge in [0.05, 0.1) is 11.6 Å². The topological polar surface area (TPSA) is 30.3 Å². The zero-order valence-corrected chi connectivity index (χ0v) is 12.8. The highest BCUT2D eigenvalue weighted by Gasteiger charge is 2.22. The first-order valence-corrected chi connectivity index (χ1v) is 8.27. The van der Waals surface area contributed by atoms with Crippen molar-refractivity contribution < 1.29 is 0 Å². The number of likely N-dealkylation sites (tertiary alicyclic amines) is 2. The van der Waals surface area contributed by atoms with Crippen LogP contribution in [0.25, 0.3) is 0 Å². The second kappa shape index (κ2) is 7.06. The molecule has 0 amide bonds. The number of nitriles is 1. The van der Waals surface area contributed by atoms with E-state index in [2.05, 4.69) is 21.9 Å². The standard InChI is InChI=1S/C18H25N3/c19-13-17-4-3-5-18(12-17)15-21-10-6-16(7-11-21)14-20-8-1-2-9-20/h3-5,12,16H,1-2,6-11,14-15H2. The van der Waals surface area contributed by atoms with E-state index in [-0.39, 0.29) is 0 Å². The lowest BCUT2D eigenvalue weighted by atomic mass is 9.96. The van der Waals surface area contributed by atoms with Crippen molar-refractivity contribution in [2.24, 2.45) is 5.92 Å². The lowest BCUT2D eigenvalue weighted by molar-refractivity contribution is 0.149. The summed E-state index contributed by atoms with van der Waals surface area (Å²) in [6, 6.07) is 10.3. The van der Waals surface area contributed by atoms with E-state index in [0.29, 0.717) is 0 Å². The van der Waals surface area contributed by atoms with Crippen molar-refractivity contribution in [1.29, 1.82) is 5.26 Å². The normalized spacial score (nSPS) is 21.5. The Kier molecular flexibility index (Phi) is 4.90. The molecule has 0 spiro atoms. The van der Waals surface area contributed by atoms with Crippen LogP contribution >= 0.6 is 0 Å². The van der Waals surface area contributed by atoms with Gasteiger partial charge in [-0.25, -0.2) is 0 Å². The molecule has 0 aliphatic carbocycles. The Morgan fingerprint density at radius 1 is 1.05 bits per heavy atom. The molecule has 21 heavy (non-hydrogen) atoms. The van der Waals surface area contributed by atoms with Crippen LogP contribution in [0.1, 0.15) is 36.8 Å². The summed E-state index contributed by atoms with van der Waals surface area (Å²) < 4.78 is 0. The van der Waals surface area contributed by atoms with Crippen LogP contribution in [-0.4, -0.2) is 42.5 Å². The maximum atomic E-state index is 8.97. The van der Waals surface area contributed by atoms with Gasteiger partial charge in [-0.2, -0.15) is 5.26 Å². The quantitative estimate of drug-likeness (QED) is 0.851. The van der Waals surface area contributed by atoms with Gasteiger partial charge in [-0.15, -0.1) is 0 Å². The van der Waals surface area contributed by atoms with Crippen molar-refractivity contribution in [3.63, 3.8) is 0 Å². The first-order chi connectivity index (χ1) is 10.3. The fourth-order valence-corrected chi connectivity index (χ4v) is 3.65. The van der Waals surface area contributed by atoms with Gasteiger partial charge < -0.3 is 4.90 Å². The van der Waals surface area contributed by atoms with Crippen LogP contribution in [0.15, 0.2) is 24.3 Å². The molecule has 1 aromatic carbocycles. The van der Waals surface area contributed by atoms with Gasteiger partial charge in [0.1, 0.15) is 0 Å². The van der Waals surface area contributed by atoms with Gasteiger partial charge in [0.25, 0.3) is 0 Å². The van der Waals surface area contributed by atoms with Crippen LogP contribution in [-0.2, 0) is 6.54 Å². The maximum Gasteiger partial charge on any atom is 0.0991 e. The molecule has 0 unspecified atom stereocenters. The van der Waals surface area contributed by atoms with Crippen LogP contribution in [0.3, 0.4) is 0 Å². The molecule has 3 nitrogen and oxygen atoms in total. The van der Waals surface area contributed by atoms with Gasteiger partial charge in [-0.05, 0) is 75.5 Å². The molecule has 0 bridgehead atoms. The minimum absolute atomic E-state index is 0.774. The average molecular weight is 283 g/mol. The number of benzene rings is 1. The molecule has 0 atom stereocenters. The van der Waals surface area contributed by atoms with Crippen LogP contribution in [0, 0.1) is 17.2 Å². The second-order valence-corrected chi connectivity index (χ2v) is 6.54. The Labute approximate surface area is 128 Å². The summed E-state index contributed by atoms with van der Waals surface area (Å²) >= 11 is 0. The van der Waals surface area contributed by atoms with E-state index in [1.54, 1.807) is 0 Å². The lowest BCUT2D eigenvalue weighted by Gasteiger charge is -2.33. The summed E-state index contributed by atoms with van der Waals surface area (Å²) in [6.45, 7) is 7.36. The monoisotopic (exact) mass is 283 g/mol. The zero-order chi connectivity index (χ0) is 14.5. The average Bonchev–Trinajstić information content (AvgIpc) is 3.02. The van der Waals surface area contributed by atoms with Crippen molar-refractivity contribution in [2.75, 3.05) is 32.7 Å². The van der Waals surface area contributed by atoms with Gasteiger partial charge in [-0.1, -0.05) is 12.1 Å².